The number of aliphatic hydroxyl groups is 2. The van der Waals surface area contributed by atoms with Crippen molar-refractivity contribution in [2.24, 2.45) is 5.92 Å². The third-order valence-corrected chi connectivity index (χ3v) is 6.19. The molecule has 1 aliphatic rings. The molecular weight excluding hydrogens is 481 g/mol. The average Bonchev–Trinajstić information content (AvgIpc) is 3.28. The number of carbonyl (C=O) groups excluding carboxylic acids is 1. The third-order valence-electron chi connectivity index (χ3n) is 5.70. The van der Waals surface area contributed by atoms with Gasteiger partial charge in [0.05, 0.1) is 24.3 Å². The summed E-state index contributed by atoms with van der Waals surface area (Å²) in [6.07, 6.45) is -0.0101. The summed E-state index contributed by atoms with van der Waals surface area (Å²) in [6.45, 7) is 2.05. The molecule has 1 aromatic carbocycles. The fourth-order valence-corrected chi connectivity index (χ4v) is 4.38. The molecule has 4 rings (SSSR count). The Morgan fingerprint density at radius 3 is 2.91 bits per heavy atom. The Bertz CT molecular complexity index is 1120. The smallest absolute Gasteiger partial charge is 0.218 e. The molecule has 2 heterocycles. The van der Waals surface area contributed by atoms with Crippen LogP contribution < -0.4 is 5.32 Å². The van der Waals surface area contributed by atoms with Crippen molar-refractivity contribution in [3.05, 3.63) is 69.8 Å². The van der Waals surface area contributed by atoms with Crippen LogP contribution in [-0.2, 0) is 6.54 Å². The second-order valence-electron chi connectivity index (χ2n) is 7.94. The van der Waals surface area contributed by atoms with Gasteiger partial charge in [0.2, 0.25) is 5.78 Å². The maximum absolute atomic E-state index is 14.5. The summed E-state index contributed by atoms with van der Waals surface area (Å²) in [5.74, 6) is -0.792. The van der Waals surface area contributed by atoms with Crippen molar-refractivity contribution >= 4 is 27.5 Å². The summed E-state index contributed by atoms with van der Waals surface area (Å²) < 4.78 is 17.2. The zero-order chi connectivity index (χ0) is 22.8. The molecule has 1 fully saturated rings. The maximum Gasteiger partial charge on any atom is 0.218 e. The molecule has 2 aromatic heterocycles. The van der Waals surface area contributed by atoms with Crippen LogP contribution >= 0.6 is 15.9 Å². The first-order valence-corrected chi connectivity index (χ1v) is 11.0. The van der Waals surface area contributed by atoms with Gasteiger partial charge in [-0.1, -0.05) is 28.1 Å². The van der Waals surface area contributed by atoms with Gasteiger partial charge in [-0.15, -0.1) is 0 Å². The number of ketones is 1. The van der Waals surface area contributed by atoms with E-state index >= 15 is 0 Å². The van der Waals surface area contributed by atoms with Gasteiger partial charge in [0, 0.05) is 28.9 Å². The van der Waals surface area contributed by atoms with Crippen molar-refractivity contribution < 1.29 is 19.4 Å². The monoisotopic (exact) mass is 503 g/mol. The number of aryl methyl sites for hydroxylation is 1. The molecule has 0 radical (unpaired) electrons. The zero-order valence-electron chi connectivity index (χ0n) is 17.3. The first kappa shape index (κ1) is 22.5. The van der Waals surface area contributed by atoms with E-state index in [1.54, 1.807) is 10.7 Å². The quantitative estimate of drug-likeness (QED) is 0.424. The van der Waals surface area contributed by atoms with E-state index in [0.29, 0.717) is 6.54 Å². The van der Waals surface area contributed by atoms with E-state index in [1.807, 2.05) is 31.2 Å². The molecule has 0 saturated heterocycles. The van der Waals surface area contributed by atoms with Crippen LogP contribution in [0.3, 0.4) is 0 Å². The van der Waals surface area contributed by atoms with Gasteiger partial charge in [-0.05, 0) is 37.1 Å². The first-order chi connectivity index (χ1) is 15.4. The van der Waals surface area contributed by atoms with Crippen LogP contribution in [0.1, 0.15) is 33.7 Å². The number of halogens is 2. The molecule has 0 bridgehead atoms. The van der Waals surface area contributed by atoms with Gasteiger partial charge < -0.3 is 15.5 Å². The Hall–Kier alpha value is -2.69. The molecule has 168 valence electrons. The Kier molecular flexibility index (Phi) is 6.63. The number of rotatable bonds is 7. The van der Waals surface area contributed by atoms with Crippen LogP contribution in [0.5, 0.6) is 0 Å². The SMILES string of the molecule is Cc1cc(C(=O)c2cncnc2N[C@@H]2C[C@H](CO)[C@@H](O)[C@@H]2F)nn1Cc1cccc(Br)c1. The molecule has 0 unspecified atom stereocenters. The fourth-order valence-electron chi connectivity index (χ4n) is 3.93. The van der Waals surface area contributed by atoms with Crippen molar-refractivity contribution in [3.8, 4) is 0 Å². The molecule has 3 N–H and O–H groups in total. The van der Waals surface area contributed by atoms with Crippen molar-refractivity contribution in [2.45, 2.75) is 38.2 Å². The van der Waals surface area contributed by atoms with E-state index in [1.165, 1.54) is 12.5 Å². The number of benzene rings is 1. The molecule has 32 heavy (non-hydrogen) atoms. The Morgan fingerprint density at radius 2 is 2.19 bits per heavy atom. The van der Waals surface area contributed by atoms with E-state index in [4.69, 9.17) is 0 Å². The highest BCUT2D eigenvalue weighted by Gasteiger charge is 2.43. The lowest BCUT2D eigenvalue weighted by Gasteiger charge is -2.18. The highest BCUT2D eigenvalue weighted by atomic mass is 79.9. The normalized spacial score (nSPS) is 22.8. The highest BCUT2D eigenvalue weighted by Crippen LogP contribution is 2.31. The minimum Gasteiger partial charge on any atom is -0.396 e. The number of carbonyl (C=O) groups is 1. The van der Waals surface area contributed by atoms with Gasteiger partial charge >= 0.3 is 0 Å². The van der Waals surface area contributed by atoms with Gasteiger partial charge in [0.25, 0.3) is 0 Å². The molecule has 1 aliphatic carbocycles. The first-order valence-electron chi connectivity index (χ1n) is 10.2. The molecule has 1 saturated carbocycles. The maximum atomic E-state index is 14.5. The van der Waals surface area contributed by atoms with Crippen molar-refractivity contribution in [1.29, 1.82) is 0 Å². The number of nitrogens with zero attached hydrogens (tertiary/aromatic N) is 4. The second-order valence-corrected chi connectivity index (χ2v) is 8.85. The van der Waals surface area contributed by atoms with Gasteiger partial charge in [0.1, 0.15) is 24.0 Å². The fraction of sp³-hybridized carbons (Fsp3) is 0.364. The van der Waals surface area contributed by atoms with Crippen LogP contribution in [0.15, 0.2) is 47.3 Å². The van der Waals surface area contributed by atoms with E-state index in [0.717, 1.165) is 15.7 Å². The summed E-state index contributed by atoms with van der Waals surface area (Å²) >= 11 is 3.45. The van der Waals surface area contributed by atoms with Gasteiger partial charge in [-0.2, -0.15) is 5.10 Å². The largest absolute Gasteiger partial charge is 0.396 e. The van der Waals surface area contributed by atoms with Crippen molar-refractivity contribution in [2.75, 3.05) is 11.9 Å². The van der Waals surface area contributed by atoms with E-state index < -0.39 is 30.0 Å². The standard InChI is InChI=1S/C22H23BrFN5O3/c1-12-5-18(28-29(12)9-13-3-2-4-15(23)6-13)21(32)16-8-25-11-26-22(16)27-17-7-14(10-30)20(31)19(17)24/h2-6,8,11,14,17,19-20,30-31H,7,9-10H2,1H3,(H,25,26,27)/t14-,17-,19-,20-/m1/s1. The Balaban J connectivity index is 1.56. The lowest BCUT2D eigenvalue weighted by Crippen LogP contribution is -2.32. The number of nitrogens with one attached hydrogen (secondary N) is 1. The number of aliphatic hydroxyl groups excluding tert-OH is 2. The zero-order valence-corrected chi connectivity index (χ0v) is 18.9. The van der Waals surface area contributed by atoms with Crippen LogP contribution in [0, 0.1) is 12.8 Å². The molecule has 3 aromatic rings. The Morgan fingerprint density at radius 1 is 1.38 bits per heavy atom. The summed E-state index contributed by atoms with van der Waals surface area (Å²) in [7, 11) is 0. The number of anilines is 1. The summed E-state index contributed by atoms with van der Waals surface area (Å²) in [5.41, 5.74) is 2.23. The van der Waals surface area contributed by atoms with Gasteiger partial charge in [-0.25, -0.2) is 14.4 Å². The summed E-state index contributed by atoms with van der Waals surface area (Å²) in [4.78, 5) is 21.2. The van der Waals surface area contributed by atoms with Crippen LogP contribution in [0.25, 0.3) is 0 Å². The minimum atomic E-state index is -1.59. The summed E-state index contributed by atoms with van der Waals surface area (Å²) in [6, 6.07) is 8.74. The lowest BCUT2D eigenvalue weighted by molar-refractivity contribution is 0.0444. The van der Waals surface area contributed by atoms with Crippen LogP contribution in [-0.4, -0.2) is 60.7 Å². The number of alkyl halides is 1. The van der Waals surface area contributed by atoms with E-state index in [-0.39, 0.29) is 30.1 Å². The number of hydrogen-bond donors (Lipinski definition) is 3. The van der Waals surface area contributed by atoms with Crippen LogP contribution in [0.2, 0.25) is 0 Å². The third kappa shape index (κ3) is 4.57. The molecule has 10 heteroatoms. The number of aromatic nitrogens is 4. The molecule has 4 atom stereocenters. The van der Waals surface area contributed by atoms with Gasteiger partial charge in [-0.3, -0.25) is 9.48 Å². The molecular formula is C22H23BrFN5O3. The predicted molar refractivity (Wildman–Crippen MR) is 119 cm³/mol. The minimum absolute atomic E-state index is 0.161. The van der Waals surface area contributed by atoms with E-state index in [9.17, 15) is 19.4 Å². The molecule has 8 nitrogen and oxygen atoms in total. The topological polar surface area (TPSA) is 113 Å². The highest BCUT2D eigenvalue weighted by molar-refractivity contribution is 9.10. The Labute approximate surface area is 192 Å². The van der Waals surface area contributed by atoms with Crippen molar-refractivity contribution in [1.82, 2.24) is 19.7 Å². The van der Waals surface area contributed by atoms with Gasteiger partial charge in [0.15, 0.2) is 0 Å². The number of hydrogen-bond acceptors (Lipinski definition) is 7. The van der Waals surface area contributed by atoms with Crippen molar-refractivity contribution in [3.63, 3.8) is 0 Å². The lowest BCUT2D eigenvalue weighted by atomic mass is 10.1. The molecule has 0 aliphatic heterocycles. The second kappa shape index (κ2) is 9.43. The molecule has 0 spiro atoms. The van der Waals surface area contributed by atoms with Crippen LogP contribution in [0.4, 0.5) is 10.2 Å². The van der Waals surface area contributed by atoms with E-state index in [2.05, 4.69) is 36.3 Å². The molecule has 0 amide bonds. The average molecular weight is 504 g/mol. The summed E-state index contributed by atoms with van der Waals surface area (Å²) in [5, 5.41) is 26.6. The predicted octanol–water partition coefficient (Wildman–Crippen LogP) is 2.52.